The lowest BCUT2D eigenvalue weighted by atomic mass is 9.96. The van der Waals surface area contributed by atoms with E-state index in [9.17, 15) is 13.2 Å². The number of aliphatic hydroxyl groups excluding tert-OH is 1. The molecule has 0 bridgehead atoms. The summed E-state index contributed by atoms with van der Waals surface area (Å²) in [4.78, 5) is 0. The fourth-order valence-electron chi connectivity index (χ4n) is 1.44. The SMILES string of the molecule is CCC(CO)c1cccc(C(F)(F)F)c1. The molecule has 0 saturated carbocycles. The fourth-order valence-corrected chi connectivity index (χ4v) is 1.44. The largest absolute Gasteiger partial charge is 0.416 e. The third kappa shape index (κ3) is 2.96. The van der Waals surface area contributed by atoms with Gasteiger partial charge in [-0.3, -0.25) is 0 Å². The zero-order valence-electron chi connectivity index (χ0n) is 8.38. The summed E-state index contributed by atoms with van der Waals surface area (Å²) in [7, 11) is 0. The Morgan fingerprint density at radius 2 is 2.00 bits per heavy atom. The van der Waals surface area contributed by atoms with Gasteiger partial charge in [-0.05, 0) is 18.1 Å². The number of halogens is 3. The molecule has 0 aromatic heterocycles. The van der Waals surface area contributed by atoms with Gasteiger partial charge in [0.1, 0.15) is 0 Å². The van der Waals surface area contributed by atoms with Crippen molar-refractivity contribution in [3.63, 3.8) is 0 Å². The summed E-state index contributed by atoms with van der Waals surface area (Å²) in [6.45, 7) is 1.71. The molecule has 0 aliphatic carbocycles. The maximum absolute atomic E-state index is 12.4. The average Bonchev–Trinajstić information content (AvgIpc) is 2.19. The van der Waals surface area contributed by atoms with Crippen LogP contribution in [0.4, 0.5) is 13.2 Å². The van der Waals surface area contributed by atoms with Gasteiger partial charge >= 0.3 is 6.18 Å². The molecule has 0 saturated heterocycles. The molecule has 84 valence electrons. The smallest absolute Gasteiger partial charge is 0.396 e. The monoisotopic (exact) mass is 218 g/mol. The van der Waals surface area contributed by atoms with Gasteiger partial charge < -0.3 is 5.11 Å². The molecule has 1 aromatic rings. The van der Waals surface area contributed by atoms with Crippen molar-refractivity contribution in [2.24, 2.45) is 0 Å². The lowest BCUT2D eigenvalue weighted by Gasteiger charge is -2.14. The molecule has 0 spiro atoms. The van der Waals surface area contributed by atoms with Gasteiger partial charge in [0.05, 0.1) is 5.56 Å². The molecular weight excluding hydrogens is 205 g/mol. The van der Waals surface area contributed by atoms with E-state index in [-0.39, 0.29) is 12.5 Å². The molecule has 15 heavy (non-hydrogen) atoms. The minimum Gasteiger partial charge on any atom is -0.396 e. The quantitative estimate of drug-likeness (QED) is 0.826. The van der Waals surface area contributed by atoms with Gasteiger partial charge in [-0.1, -0.05) is 25.1 Å². The van der Waals surface area contributed by atoms with Crippen LogP contribution in [0, 0.1) is 0 Å². The maximum Gasteiger partial charge on any atom is 0.416 e. The van der Waals surface area contributed by atoms with Crippen LogP contribution in [0.15, 0.2) is 24.3 Å². The molecule has 1 unspecified atom stereocenters. The van der Waals surface area contributed by atoms with E-state index in [1.165, 1.54) is 6.07 Å². The van der Waals surface area contributed by atoms with Crippen LogP contribution in [0.3, 0.4) is 0 Å². The highest BCUT2D eigenvalue weighted by Crippen LogP contribution is 2.31. The van der Waals surface area contributed by atoms with Crippen molar-refractivity contribution in [3.8, 4) is 0 Å². The summed E-state index contributed by atoms with van der Waals surface area (Å²) in [5, 5.41) is 8.99. The van der Waals surface area contributed by atoms with Crippen LogP contribution >= 0.6 is 0 Å². The molecule has 0 amide bonds. The van der Waals surface area contributed by atoms with Gasteiger partial charge in [0.2, 0.25) is 0 Å². The maximum atomic E-state index is 12.4. The van der Waals surface area contributed by atoms with Crippen molar-refractivity contribution in [3.05, 3.63) is 35.4 Å². The average molecular weight is 218 g/mol. The predicted octanol–water partition coefficient (Wildman–Crippen LogP) is 3.19. The Hall–Kier alpha value is -1.03. The van der Waals surface area contributed by atoms with Crippen LogP contribution in [0.25, 0.3) is 0 Å². The third-order valence-corrected chi connectivity index (χ3v) is 2.40. The van der Waals surface area contributed by atoms with Crippen LogP contribution in [0.5, 0.6) is 0 Å². The van der Waals surface area contributed by atoms with Crippen LogP contribution in [-0.2, 0) is 6.18 Å². The normalized spacial score (nSPS) is 13.9. The molecule has 0 aliphatic rings. The van der Waals surface area contributed by atoms with E-state index in [2.05, 4.69) is 0 Å². The van der Waals surface area contributed by atoms with Crippen molar-refractivity contribution >= 4 is 0 Å². The van der Waals surface area contributed by atoms with E-state index in [1.54, 1.807) is 6.07 Å². The van der Waals surface area contributed by atoms with Crippen molar-refractivity contribution in [2.75, 3.05) is 6.61 Å². The number of benzene rings is 1. The zero-order chi connectivity index (χ0) is 11.5. The Bertz CT molecular complexity index is 316. The number of aliphatic hydroxyl groups is 1. The first-order chi connectivity index (χ1) is 6.99. The molecule has 0 heterocycles. The number of rotatable bonds is 3. The van der Waals surface area contributed by atoms with Gasteiger partial charge in [-0.25, -0.2) is 0 Å². The predicted molar refractivity (Wildman–Crippen MR) is 51.6 cm³/mol. The molecule has 1 atom stereocenters. The highest BCUT2D eigenvalue weighted by Gasteiger charge is 2.30. The van der Waals surface area contributed by atoms with Crippen molar-refractivity contribution in [1.82, 2.24) is 0 Å². The third-order valence-electron chi connectivity index (χ3n) is 2.40. The van der Waals surface area contributed by atoms with Crippen molar-refractivity contribution < 1.29 is 18.3 Å². The zero-order valence-corrected chi connectivity index (χ0v) is 8.38. The summed E-state index contributed by atoms with van der Waals surface area (Å²) in [6.07, 6.45) is -3.69. The first-order valence-corrected chi connectivity index (χ1v) is 4.77. The molecule has 1 N–H and O–H groups in total. The summed E-state index contributed by atoms with van der Waals surface area (Å²) in [5.41, 5.74) is -0.123. The summed E-state index contributed by atoms with van der Waals surface area (Å²) in [5.74, 6) is -0.215. The molecule has 0 aliphatic heterocycles. The molecule has 0 fully saturated rings. The fraction of sp³-hybridized carbons (Fsp3) is 0.455. The van der Waals surface area contributed by atoms with Crippen LogP contribution < -0.4 is 0 Å². The number of alkyl halides is 3. The van der Waals surface area contributed by atoms with Crippen LogP contribution in [-0.4, -0.2) is 11.7 Å². The highest BCUT2D eigenvalue weighted by atomic mass is 19.4. The van der Waals surface area contributed by atoms with Gasteiger partial charge in [0.15, 0.2) is 0 Å². The lowest BCUT2D eigenvalue weighted by molar-refractivity contribution is -0.137. The van der Waals surface area contributed by atoms with Crippen molar-refractivity contribution in [1.29, 1.82) is 0 Å². The first kappa shape index (κ1) is 12.0. The molecular formula is C11H13F3O. The van der Waals surface area contributed by atoms with Gasteiger partial charge in [0.25, 0.3) is 0 Å². The summed E-state index contributed by atoms with van der Waals surface area (Å²) < 4.78 is 37.1. The second kappa shape index (κ2) is 4.66. The van der Waals surface area contributed by atoms with E-state index in [4.69, 9.17) is 5.11 Å². The summed E-state index contributed by atoms with van der Waals surface area (Å²) in [6, 6.07) is 5.12. The van der Waals surface area contributed by atoms with E-state index in [1.807, 2.05) is 6.92 Å². The van der Waals surface area contributed by atoms with E-state index < -0.39 is 11.7 Å². The Morgan fingerprint density at radius 1 is 1.33 bits per heavy atom. The second-order valence-corrected chi connectivity index (χ2v) is 3.41. The van der Waals surface area contributed by atoms with E-state index in [0.29, 0.717) is 12.0 Å². The molecule has 1 aromatic carbocycles. The van der Waals surface area contributed by atoms with Gasteiger partial charge in [0, 0.05) is 12.5 Å². The molecule has 1 nitrogen and oxygen atoms in total. The Labute approximate surface area is 86.5 Å². The standard InChI is InChI=1S/C11H13F3O/c1-2-8(7-15)9-4-3-5-10(6-9)11(12,13)14/h3-6,8,15H,2,7H2,1H3. The Balaban J connectivity index is 3.02. The summed E-state index contributed by atoms with van der Waals surface area (Å²) >= 11 is 0. The Morgan fingerprint density at radius 3 is 2.47 bits per heavy atom. The van der Waals surface area contributed by atoms with E-state index >= 15 is 0 Å². The lowest BCUT2D eigenvalue weighted by Crippen LogP contribution is -2.08. The number of hydrogen-bond donors (Lipinski definition) is 1. The minimum atomic E-state index is -4.32. The van der Waals surface area contributed by atoms with Crippen molar-refractivity contribution in [2.45, 2.75) is 25.4 Å². The highest BCUT2D eigenvalue weighted by molar-refractivity contribution is 5.28. The van der Waals surface area contributed by atoms with Gasteiger partial charge in [-0.2, -0.15) is 13.2 Å². The Kier molecular flexibility index (Phi) is 3.74. The number of hydrogen-bond acceptors (Lipinski definition) is 1. The van der Waals surface area contributed by atoms with E-state index in [0.717, 1.165) is 12.1 Å². The molecule has 0 radical (unpaired) electrons. The topological polar surface area (TPSA) is 20.2 Å². The van der Waals surface area contributed by atoms with Crippen LogP contribution in [0.2, 0.25) is 0 Å². The molecule has 4 heteroatoms. The minimum absolute atomic E-state index is 0.127. The van der Waals surface area contributed by atoms with Crippen LogP contribution in [0.1, 0.15) is 30.4 Å². The van der Waals surface area contributed by atoms with Gasteiger partial charge in [-0.15, -0.1) is 0 Å². The molecule has 1 rings (SSSR count). The second-order valence-electron chi connectivity index (χ2n) is 3.41. The first-order valence-electron chi connectivity index (χ1n) is 4.77.